The molecule has 1 unspecified atom stereocenters. The molecule has 1 aliphatic carbocycles. The summed E-state index contributed by atoms with van der Waals surface area (Å²) in [7, 11) is 3.35. The van der Waals surface area contributed by atoms with Gasteiger partial charge in [0.1, 0.15) is 17.0 Å². The zero-order valence-electron chi connectivity index (χ0n) is 18.1. The van der Waals surface area contributed by atoms with E-state index in [-0.39, 0.29) is 6.10 Å². The SMILES string of the molecule is COC(C)CN(C)C=O.Nc1ccc(Nc2ncnc3sc4c(c23)CCCC4)cc1S. The maximum Gasteiger partial charge on any atom is 0.209 e. The number of carbonyl (C=O) groups is 1. The molecule has 3 aromatic rings. The van der Waals surface area contributed by atoms with Gasteiger partial charge >= 0.3 is 0 Å². The number of carbonyl (C=O) groups excluding carboxylic acids is 1. The third-order valence-corrected chi connectivity index (χ3v) is 6.76. The van der Waals surface area contributed by atoms with Gasteiger partial charge in [-0.2, -0.15) is 0 Å². The lowest BCUT2D eigenvalue weighted by Crippen LogP contribution is -2.27. The van der Waals surface area contributed by atoms with Crippen LogP contribution in [0.4, 0.5) is 17.2 Å². The van der Waals surface area contributed by atoms with Crippen LogP contribution in [0.25, 0.3) is 10.2 Å². The Morgan fingerprint density at radius 1 is 1.35 bits per heavy atom. The van der Waals surface area contributed by atoms with Crippen molar-refractivity contribution in [2.45, 2.75) is 43.6 Å². The third kappa shape index (κ3) is 5.87. The van der Waals surface area contributed by atoms with Gasteiger partial charge in [-0.15, -0.1) is 24.0 Å². The number of likely N-dealkylation sites (N-methyl/N-ethyl adjacent to an activating group) is 1. The number of thiophene rings is 1. The molecule has 0 bridgehead atoms. The number of nitrogens with two attached hydrogens (primary N) is 1. The minimum absolute atomic E-state index is 0.125. The summed E-state index contributed by atoms with van der Waals surface area (Å²) in [5.41, 5.74) is 8.86. The Morgan fingerprint density at radius 3 is 2.84 bits per heavy atom. The number of fused-ring (bicyclic) bond motifs is 3. The van der Waals surface area contributed by atoms with Gasteiger partial charge < -0.3 is 20.7 Å². The lowest BCUT2D eigenvalue weighted by molar-refractivity contribution is -0.118. The molecule has 4 rings (SSSR count). The maximum absolute atomic E-state index is 10.0. The van der Waals surface area contributed by atoms with Crippen LogP contribution in [0.3, 0.4) is 0 Å². The molecule has 0 saturated heterocycles. The highest BCUT2D eigenvalue weighted by molar-refractivity contribution is 7.80. The number of aromatic nitrogens is 2. The van der Waals surface area contributed by atoms with E-state index in [1.165, 1.54) is 35.1 Å². The number of nitrogens with one attached hydrogen (secondary N) is 1. The van der Waals surface area contributed by atoms with Crippen LogP contribution in [0.5, 0.6) is 0 Å². The van der Waals surface area contributed by atoms with E-state index >= 15 is 0 Å². The van der Waals surface area contributed by atoms with Crippen molar-refractivity contribution in [3.8, 4) is 0 Å². The minimum Gasteiger partial charge on any atom is -0.398 e. The molecule has 0 saturated carbocycles. The molecule has 1 aromatic carbocycles. The van der Waals surface area contributed by atoms with Crippen molar-refractivity contribution in [3.63, 3.8) is 0 Å². The van der Waals surface area contributed by atoms with Crippen LogP contribution in [-0.4, -0.2) is 48.1 Å². The van der Waals surface area contributed by atoms with E-state index < -0.39 is 0 Å². The first-order valence-electron chi connectivity index (χ1n) is 10.2. The Balaban J connectivity index is 0.000000259. The number of nitrogens with zero attached hydrogens (tertiary/aromatic N) is 3. The van der Waals surface area contributed by atoms with Crippen LogP contribution >= 0.6 is 24.0 Å². The van der Waals surface area contributed by atoms with Crippen molar-refractivity contribution >= 4 is 57.8 Å². The van der Waals surface area contributed by atoms with Gasteiger partial charge in [-0.25, -0.2) is 9.97 Å². The topological polar surface area (TPSA) is 93.4 Å². The molecular weight excluding hydrogens is 430 g/mol. The van der Waals surface area contributed by atoms with Gasteiger partial charge in [-0.05, 0) is 56.4 Å². The van der Waals surface area contributed by atoms with Crippen LogP contribution in [0, 0.1) is 0 Å². The van der Waals surface area contributed by atoms with Gasteiger partial charge in [0.05, 0.1) is 11.5 Å². The van der Waals surface area contributed by atoms with Crippen LogP contribution in [0.15, 0.2) is 29.4 Å². The normalized spacial score (nSPS) is 13.7. The van der Waals surface area contributed by atoms with Gasteiger partial charge in [0, 0.05) is 41.8 Å². The number of amides is 1. The van der Waals surface area contributed by atoms with Gasteiger partial charge in [-0.3, -0.25) is 4.79 Å². The number of thiol groups is 1. The average Bonchev–Trinajstić information content (AvgIpc) is 3.16. The molecule has 0 spiro atoms. The molecule has 3 N–H and O–H groups in total. The number of hydrogen-bond acceptors (Lipinski definition) is 8. The zero-order chi connectivity index (χ0) is 22.4. The van der Waals surface area contributed by atoms with Gasteiger partial charge in [0.2, 0.25) is 6.41 Å². The summed E-state index contributed by atoms with van der Waals surface area (Å²) in [6.45, 7) is 2.57. The molecular formula is C22H29N5O2S2. The molecule has 0 aliphatic heterocycles. The molecule has 166 valence electrons. The van der Waals surface area contributed by atoms with Gasteiger partial charge in [0.15, 0.2) is 0 Å². The molecule has 1 atom stereocenters. The fourth-order valence-corrected chi connectivity index (χ4v) is 4.91. The zero-order valence-corrected chi connectivity index (χ0v) is 19.8. The van der Waals surface area contributed by atoms with E-state index in [1.807, 2.05) is 25.1 Å². The van der Waals surface area contributed by atoms with Crippen molar-refractivity contribution in [1.82, 2.24) is 14.9 Å². The summed E-state index contributed by atoms with van der Waals surface area (Å²) in [6, 6.07) is 5.72. The molecule has 1 aliphatic rings. The highest BCUT2D eigenvalue weighted by Crippen LogP contribution is 2.39. The number of rotatable bonds is 6. The molecule has 1 amide bonds. The molecule has 0 fully saturated rings. The van der Waals surface area contributed by atoms with Crippen LogP contribution in [0.2, 0.25) is 0 Å². The lowest BCUT2D eigenvalue weighted by atomic mass is 9.97. The van der Waals surface area contributed by atoms with Crippen molar-refractivity contribution in [1.29, 1.82) is 0 Å². The van der Waals surface area contributed by atoms with Crippen LogP contribution in [-0.2, 0) is 22.4 Å². The Hall–Kier alpha value is -2.36. The summed E-state index contributed by atoms with van der Waals surface area (Å²) in [6.07, 6.45) is 7.35. The molecule has 31 heavy (non-hydrogen) atoms. The molecule has 7 nitrogen and oxygen atoms in total. The monoisotopic (exact) mass is 459 g/mol. The van der Waals surface area contributed by atoms with E-state index in [0.29, 0.717) is 12.2 Å². The number of methoxy groups -OCH3 is 1. The quantitative estimate of drug-likeness (QED) is 0.289. The van der Waals surface area contributed by atoms with E-state index in [0.717, 1.165) is 34.1 Å². The summed E-state index contributed by atoms with van der Waals surface area (Å²) in [5.74, 6) is 0.877. The molecule has 0 radical (unpaired) electrons. The second kappa shape index (κ2) is 10.8. The maximum atomic E-state index is 10.0. The van der Waals surface area contributed by atoms with E-state index in [2.05, 4.69) is 27.9 Å². The van der Waals surface area contributed by atoms with E-state index in [4.69, 9.17) is 10.5 Å². The number of nitrogen functional groups attached to an aromatic ring is 1. The smallest absolute Gasteiger partial charge is 0.209 e. The standard InChI is InChI=1S/C16H16N4S2.C6H13NO2/c17-11-6-5-9(7-12(11)21)20-15-14-10-3-1-2-4-13(10)22-16(14)19-8-18-15;1-6(9-3)4-7(2)5-8/h5-8,21H,1-4,17H2,(H,18,19,20);5-6H,4H2,1-3H3. The summed E-state index contributed by atoms with van der Waals surface area (Å²) >= 11 is 6.18. The van der Waals surface area contributed by atoms with Crippen molar-refractivity contribution in [2.24, 2.45) is 0 Å². The van der Waals surface area contributed by atoms with E-state index in [9.17, 15) is 4.79 Å². The highest BCUT2D eigenvalue weighted by Gasteiger charge is 2.19. The Labute approximate surface area is 192 Å². The number of benzene rings is 1. The number of hydrogen-bond donors (Lipinski definition) is 3. The summed E-state index contributed by atoms with van der Waals surface area (Å²) < 4.78 is 4.92. The first-order valence-corrected chi connectivity index (χ1v) is 11.5. The Bertz CT molecular complexity index is 1040. The van der Waals surface area contributed by atoms with Crippen molar-refractivity contribution < 1.29 is 9.53 Å². The fraction of sp³-hybridized carbons (Fsp3) is 0.409. The van der Waals surface area contributed by atoms with Crippen LogP contribution < -0.4 is 11.1 Å². The molecule has 2 heterocycles. The number of anilines is 3. The van der Waals surface area contributed by atoms with E-state index in [1.54, 1.807) is 36.7 Å². The van der Waals surface area contributed by atoms with Crippen molar-refractivity contribution in [2.75, 3.05) is 31.8 Å². The second-order valence-corrected chi connectivity index (χ2v) is 9.17. The minimum atomic E-state index is 0.125. The Kier molecular flexibility index (Phi) is 8.11. The fourth-order valence-electron chi connectivity index (χ4n) is 3.47. The van der Waals surface area contributed by atoms with Crippen molar-refractivity contribution in [3.05, 3.63) is 35.0 Å². The Morgan fingerprint density at radius 2 is 2.13 bits per heavy atom. The average molecular weight is 460 g/mol. The van der Waals surface area contributed by atoms with Gasteiger partial charge in [0.25, 0.3) is 0 Å². The summed E-state index contributed by atoms with van der Waals surface area (Å²) in [5, 5.41) is 4.58. The van der Waals surface area contributed by atoms with Crippen LogP contribution in [0.1, 0.15) is 30.2 Å². The molecule has 2 aromatic heterocycles. The second-order valence-electron chi connectivity index (χ2n) is 7.60. The lowest BCUT2D eigenvalue weighted by Gasteiger charge is -2.14. The predicted molar refractivity (Wildman–Crippen MR) is 131 cm³/mol. The van der Waals surface area contributed by atoms with Gasteiger partial charge in [-0.1, -0.05) is 0 Å². The largest absolute Gasteiger partial charge is 0.398 e. The third-order valence-electron chi connectivity index (χ3n) is 5.17. The first-order chi connectivity index (χ1) is 14.9. The highest BCUT2D eigenvalue weighted by atomic mass is 32.1. The predicted octanol–water partition coefficient (Wildman–Crippen LogP) is 4.29. The number of ether oxygens (including phenoxy) is 1. The summed E-state index contributed by atoms with van der Waals surface area (Å²) in [4.78, 5) is 23.8. The molecule has 9 heteroatoms. The number of aryl methyl sites for hydroxylation is 2. The first kappa shape index (κ1) is 23.3.